The smallest absolute Gasteiger partial charge is 0.455 e. The van der Waals surface area contributed by atoms with Gasteiger partial charge in [-0.05, 0) is 14.1 Å². The van der Waals surface area contributed by atoms with Gasteiger partial charge in [-0.25, -0.2) is 0 Å². The Morgan fingerprint density at radius 2 is 0.776 bits per heavy atom. The number of nitrogens with zero attached hydrogens (tertiary/aromatic N) is 1. The summed E-state index contributed by atoms with van der Waals surface area (Å²) < 4.78 is 349. The number of rotatable bonds is 18. The second-order valence-corrected chi connectivity index (χ2v) is 9.61. The molecule has 0 aromatic carbocycles. The first-order chi connectivity index (χ1) is 21.1. The molecule has 0 saturated heterocycles. The van der Waals surface area contributed by atoms with Gasteiger partial charge in [-0.3, -0.25) is 4.79 Å². The third kappa shape index (κ3) is 6.38. The van der Waals surface area contributed by atoms with Gasteiger partial charge in [-0.15, -0.1) is 0 Å². The minimum absolute atomic E-state index is 0.503. The number of likely N-dealkylation sites (N-methyl/N-ethyl adjacent to an activating group) is 1. The van der Waals surface area contributed by atoms with Crippen LogP contribution >= 0.6 is 0 Å². The molecular formula is C19H14F25NO4. The molecule has 0 amide bonds. The topological polar surface area (TPSA) is 59.0 Å². The van der Waals surface area contributed by atoms with Gasteiger partial charge in [-0.2, -0.15) is 110 Å². The summed E-state index contributed by atoms with van der Waals surface area (Å²) in [5, 5.41) is 8.66. The Hall–Kier alpha value is -2.40. The number of carbonyl (C=O) groups excluding carboxylic acids is 1. The molecule has 0 saturated carbocycles. The molecule has 0 bridgehead atoms. The molecule has 0 aliphatic heterocycles. The fourth-order valence-electron chi connectivity index (χ4n) is 3.30. The maximum absolute atomic E-state index is 14.6. The number of hydrogen-bond donors (Lipinski definition) is 1. The molecule has 2 atom stereocenters. The lowest BCUT2D eigenvalue weighted by Crippen LogP contribution is -2.78. The second-order valence-electron chi connectivity index (χ2n) is 9.61. The third-order valence-electron chi connectivity index (χ3n) is 6.05. The summed E-state index contributed by atoms with van der Waals surface area (Å²) in [5.41, 5.74) is 0. The third-order valence-corrected chi connectivity index (χ3v) is 6.05. The first-order valence-electron chi connectivity index (χ1n) is 11.3. The van der Waals surface area contributed by atoms with E-state index in [2.05, 4.69) is 9.47 Å². The van der Waals surface area contributed by atoms with Gasteiger partial charge in [-0.1, -0.05) is 0 Å². The van der Waals surface area contributed by atoms with Crippen molar-refractivity contribution in [1.82, 2.24) is 4.90 Å². The van der Waals surface area contributed by atoms with Crippen LogP contribution in [0.25, 0.3) is 0 Å². The molecule has 0 aromatic rings. The zero-order valence-electron chi connectivity index (χ0n) is 22.7. The Kier molecular flexibility index (Phi) is 12.3. The number of aliphatic hydroxyl groups is 1. The maximum atomic E-state index is 14.6. The SMILES string of the molecule is CN(C)CC(OCO)C(OC=O)C(F)(F)C(F)(F)C(F)(F)C(F)(F)C(F)(F)C(F)(F)C(F)(F)C(F)(F)C(F)(F)C(F)(F)C(F)(F)C(F)(F)F. The predicted octanol–water partition coefficient (Wildman–Crippen LogP) is 6.98. The first kappa shape index (κ1) is 46.6. The summed E-state index contributed by atoms with van der Waals surface area (Å²) >= 11 is 0. The molecule has 294 valence electrons. The van der Waals surface area contributed by atoms with Crippen LogP contribution in [0.2, 0.25) is 0 Å². The van der Waals surface area contributed by atoms with Crippen LogP contribution in [0, 0.1) is 0 Å². The van der Waals surface area contributed by atoms with Crippen molar-refractivity contribution in [3.8, 4) is 0 Å². The summed E-state index contributed by atoms with van der Waals surface area (Å²) in [6.07, 6.45) is -15.9. The quantitative estimate of drug-likeness (QED) is 0.0924. The Labute approximate surface area is 252 Å². The van der Waals surface area contributed by atoms with E-state index in [9.17, 15) is 115 Å². The number of hydrogen-bond acceptors (Lipinski definition) is 5. The van der Waals surface area contributed by atoms with Gasteiger partial charge in [0.25, 0.3) is 6.47 Å². The van der Waals surface area contributed by atoms with Crippen LogP contribution in [0.3, 0.4) is 0 Å². The van der Waals surface area contributed by atoms with Crippen molar-refractivity contribution < 1.29 is 129 Å². The zero-order chi connectivity index (χ0) is 40.3. The first-order valence-corrected chi connectivity index (χ1v) is 11.3. The second kappa shape index (κ2) is 13.0. The van der Waals surface area contributed by atoms with Crippen molar-refractivity contribution >= 4 is 6.47 Å². The van der Waals surface area contributed by atoms with Crippen molar-refractivity contribution in [2.45, 2.75) is 83.5 Å². The molecule has 0 fully saturated rings. The molecule has 0 heterocycles. The highest BCUT2D eigenvalue weighted by Gasteiger charge is 2.99. The molecule has 0 aliphatic carbocycles. The number of carbonyl (C=O) groups is 1. The average molecular weight is 795 g/mol. The molecule has 49 heavy (non-hydrogen) atoms. The fraction of sp³-hybridized carbons (Fsp3) is 0.947. The van der Waals surface area contributed by atoms with Gasteiger partial charge in [0.2, 0.25) is 0 Å². The number of ether oxygens (including phenoxy) is 2. The number of aliphatic hydroxyl groups excluding tert-OH is 1. The van der Waals surface area contributed by atoms with E-state index in [0.717, 1.165) is 14.1 Å². The van der Waals surface area contributed by atoms with E-state index in [1.165, 1.54) is 0 Å². The molecular weight excluding hydrogens is 781 g/mol. The van der Waals surface area contributed by atoms with E-state index in [1.807, 2.05) is 0 Å². The van der Waals surface area contributed by atoms with Crippen molar-refractivity contribution in [2.24, 2.45) is 0 Å². The van der Waals surface area contributed by atoms with Gasteiger partial charge in [0.15, 0.2) is 6.10 Å². The molecule has 30 heteroatoms. The van der Waals surface area contributed by atoms with E-state index in [0.29, 0.717) is 4.90 Å². The Bertz CT molecular complexity index is 1150. The van der Waals surface area contributed by atoms with Crippen LogP contribution in [-0.4, -0.2) is 127 Å². The lowest BCUT2D eigenvalue weighted by Gasteiger charge is -2.46. The van der Waals surface area contributed by atoms with Crippen LogP contribution in [0.5, 0.6) is 0 Å². The van der Waals surface area contributed by atoms with E-state index >= 15 is 0 Å². The summed E-state index contributed by atoms with van der Waals surface area (Å²) in [6.45, 7) is -4.79. The Morgan fingerprint density at radius 1 is 0.510 bits per heavy atom. The highest BCUT2D eigenvalue weighted by molar-refractivity contribution is 5.38. The minimum Gasteiger partial charge on any atom is -0.455 e. The maximum Gasteiger partial charge on any atom is 0.460 e. The summed E-state index contributed by atoms with van der Waals surface area (Å²) in [4.78, 5) is 11.0. The Morgan fingerprint density at radius 3 is 1.00 bits per heavy atom. The van der Waals surface area contributed by atoms with Gasteiger partial charge < -0.3 is 19.5 Å². The molecule has 5 nitrogen and oxygen atoms in total. The lowest BCUT2D eigenvalue weighted by molar-refractivity contribution is -0.483. The van der Waals surface area contributed by atoms with E-state index in [4.69, 9.17) is 5.11 Å². The van der Waals surface area contributed by atoms with Crippen LogP contribution in [0.1, 0.15) is 0 Å². The van der Waals surface area contributed by atoms with Crippen molar-refractivity contribution in [3.05, 3.63) is 0 Å². The largest absolute Gasteiger partial charge is 0.460 e. The van der Waals surface area contributed by atoms with E-state index in [-0.39, 0.29) is 0 Å². The lowest BCUT2D eigenvalue weighted by atomic mass is 9.83. The summed E-state index contributed by atoms with van der Waals surface area (Å²) in [6, 6.07) is 0. The van der Waals surface area contributed by atoms with E-state index < -0.39 is 103 Å². The van der Waals surface area contributed by atoms with Gasteiger partial charge in [0, 0.05) is 6.54 Å². The van der Waals surface area contributed by atoms with Crippen LogP contribution in [0.15, 0.2) is 0 Å². The average Bonchev–Trinajstić information content (AvgIpc) is 2.89. The molecule has 0 aliphatic rings. The van der Waals surface area contributed by atoms with Crippen molar-refractivity contribution in [3.63, 3.8) is 0 Å². The van der Waals surface area contributed by atoms with Gasteiger partial charge in [0.05, 0.1) is 0 Å². The molecule has 0 radical (unpaired) electrons. The van der Waals surface area contributed by atoms with Crippen molar-refractivity contribution in [1.29, 1.82) is 0 Å². The predicted molar refractivity (Wildman–Crippen MR) is 102 cm³/mol. The fourth-order valence-corrected chi connectivity index (χ4v) is 3.30. The van der Waals surface area contributed by atoms with Crippen LogP contribution in [0.4, 0.5) is 110 Å². The zero-order valence-corrected chi connectivity index (χ0v) is 22.7. The Balaban J connectivity index is 7.54. The van der Waals surface area contributed by atoms with Gasteiger partial charge >= 0.3 is 71.3 Å². The molecule has 0 aromatic heterocycles. The van der Waals surface area contributed by atoms with Crippen molar-refractivity contribution in [2.75, 3.05) is 27.4 Å². The van der Waals surface area contributed by atoms with E-state index in [1.54, 1.807) is 0 Å². The normalized spacial score (nSPS) is 17.3. The highest BCUT2D eigenvalue weighted by Crippen LogP contribution is 2.68. The standard InChI is InChI=1S/C19H14F25NO4/c1-45(2)3-6(48-4-46)7(49-5-47)8(20,21)9(22,23)10(24,25)11(26,27)12(28,29)13(30,31)14(32,33)15(34,35)16(36,37)17(38,39)18(40,41)19(42,43)44/h5-7,46H,3-4H2,1-2H3. The molecule has 2 unspecified atom stereocenters. The molecule has 1 N–H and O–H groups in total. The van der Waals surface area contributed by atoms with Crippen LogP contribution in [-0.2, 0) is 14.3 Å². The molecule has 0 spiro atoms. The summed E-state index contributed by atoms with van der Waals surface area (Å²) in [5.74, 6) is -100. The number of alkyl halides is 25. The van der Waals surface area contributed by atoms with Gasteiger partial charge in [0.1, 0.15) is 12.9 Å². The van der Waals surface area contributed by atoms with Crippen LogP contribution < -0.4 is 0 Å². The minimum atomic E-state index is -9.71. The number of halogens is 25. The summed E-state index contributed by atoms with van der Waals surface area (Å²) in [7, 11) is 1.51. The highest BCUT2D eigenvalue weighted by atomic mass is 19.4. The monoisotopic (exact) mass is 795 g/mol. The molecule has 0 rings (SSSR count).